The van der Waals surface area contributed by atoms with Crippen molar-refractivity contribution in [3.8, 4) is 11.3 Å². The lowest BCUT2D eigenvalue weighted by atomic mass is 9.86. The summed E-state index contributed by atoms with van der Waals surface area (Å²) in [6.45, 7) is 1.59. The first-order valence-corrected chi connectivity index (χ1v) is 12.9. The van der Waals surface area contributed by atoms with Gasteiger partial charge in [0.15, 0.2) is 0 Å². The van der Waals surface area contributed by atoms with Gasteiger partial charge in [-0.05, 0) is 53.9 Å². The van der Waals surface area contributed by atoms with Crippen LogP contribution in [0.2, 0.25) is 0 Å². The molecule has 0 aliphatic heterocycles. The average molecular weight is 590 g/mol. The van der Waals surface area contributed by atoms with Crippen molar-refractivity contribution in [2.24, 2.45) is 0 Å². The number of benzene rings is 2. The first-order chi connectivity index (χ1) is 19.8. The zero-order valence-electron chi connectivity index (χ0n) is 22.0. The van der Waals surface area contributed by atoms with Crippen molar-refractivity contribution in [2.75, 3.05) is 10.6 Å². The summed E-state index contributed by atoms with van der Waals surface area (Å²) >= 11 is 0. The van der Waals surface area contributed by atoms with E-state index in [1.54, 1.807) is 19.1 Å². The lowest BCUT2D eigenvalue weighted by Gasteiger charge is -2.27. The van der Waals surface area contributed by atoms with Crippen molar-refractivity contribution in [1.82, 2.24) is 15.0 Å². The van der Waals surface area contributed by atoms with Gasteiger partial charge in [-0.2, -0.15) is 26.3 Å². The molecule has 0 fully saturated rings. The highest BCUT2D eigenvalue weighted by molar-refractivity contribution is 5.75. The van der Waals surface area contributed by atoms with E-state index in [2.05, 4.69) is 25.6 Å². The Kier molecular flexibility index (Phi) is 7.82. The summed E-state index contributed by atoms with van der Waals surface area (Å²) in [5, 5.41) is 26.2. The summed E-state index contributed by atoms with van der Waals surface area (Å²) < 4.78 is 79.6. The molecule has 13 heteroatoms. The fourth-order valence-electron chi connectivity index (χ4n) is 4.78. The summed E-state index contributed by atoms with van der Waals surface area (Å²) in [5.41, 5.74) is 1.15. The van der Waals surface area contributed by atoms with Crippen LogP contribution in [0.1, 0.15) is 40.9 Å². The third kappa shape index (κ3) is 6.31. The third-order valence-corrected chi connectivity index (χ3v) is 7.04. The molecule has 1 aliphatic rings. The molecule has 5 rings (SSSR count). The average Bonchev–Trinajstić information content (AvgIpc) is 2.93. The second-order valence-electron chi connectivity index (χ2n) is 9.98. The Morgan fingerprint density at radius 3 is 2.26 bits per heavy atom. The van der Waals surface area contributed by atoms with Crippen molar-refractivity contribution < 1.29 is 36.6 Å². The van der Waals surface area contributed by atoms with Crippen LogP contribution in [-0.4, -0.2) is 37.4 Å². The number of hydrogen-bond donors (Lipinski definition) is 4. The molecule has 0 bridgehead atoms. The molecule has 42 heavy (non-hydrogen) atoms. The van der Waals surface area contributed by atoms with Gasteiger partial charge in [0.05, 0.1) is 23.5 Å². The van der Waals surface area contributed by atoms with E-state index < -0.39 is 41.9 Å². The maximum Gasteiger partial charge on any atom is 0.433 e. The predicted molar refractivity (Wildman–Crippen MR) is 143 cm³/mol. The Balaban J connectivity index is 1.46. The maximum absolute atomic E-state index is 13.5. The quantitative estimate of drug-likeness (QED) is 0.196. The van der Waals surface area contributed by atoms with E-state index in [0.29, 0.717) is 17.1 Å². The van der Waals surface area contributed by atoms with E-state index in [4.69, 9.17) is 0 Å². The molecular weight excluding hydrogens is 564 g/mol. The number of hydrogen-bond acceptors (Lipinski definition) is 7. The highest BCUT2D eigenvalue weighted by Gasteiger charge is 2.34. The maximum atomic E-state index is 13.5. The van der Waals surface area contributed by atoms with Crippen molar-refractivity contribution in [3.05, 3.63) is 94.9 Å². The molecule has 1 aliphatic carbocycles. The summed E-state index contributed by atoms with van der Waals surface area (Å²) in [6.07, 6.45) is -9.34. The number of rotatable bonds is 6. The van der Waals surface area contributed by atoms with Gasteiger partial charge in [-0.3, -0.25) is 0 Å². The van der Waals surface area contributed by atoms with Crippen molar-refractivity contribution >= 4 is 17.3 Å². The normalized spacial score (nSPS) is 17.8. The van der Waals surface area contributed by atoms with Crippen LogP contribution in [0, 0.1) is 0 Å². The zero-order valence-corrected chi connectivity index (χ0v) is 22.0. The van der Waals surface area contributed by atoms with E-state index in [9.17, 15) is 36.6 Å². The Morgan fingerprint density at radius 1 is 0.857 bits per heavy atom. The summed E-state index contributed by atoms with van der Waals surface area (Å²) in [4.78, 5) is 12.2. The molecule has 0 spiro atoms. The number of aromatic nitrogens is 3. The standard InChI is InChI=1S/C29H25F6N5O2/c1-15(16-5-7-18(8-6-16)28(30,31)32)38-27-19(9-10-25(40-27)29(33,34)35)22-13-26(37-14-36-22)39-21-4-2-3-17-11-23(41)24(42)12-20(17)21/h2-10,13-15,23-24,41-42H,11-12H2,1H3,(H,38,40)(H,36,37,39)/t15-,23-,24+/m1/s1. The van der Waals surface area contributed by atoms with Crippen LogP contribution in [0.15, 0.2) is 67.0 Å². The number of nitrogens with one attached hydrogen (secondary N) is 2. The number of aliphatic hydroxyl groups excluding tert-OH is 2. The molecule has 0 amide bonds. The van der Waals surface area contributed by atoms with Gasteiger partial charge in [0.1, 0.15) is 23.7 Å². The van der Waals surface area contributed by atoms with Crippen LogP contribution in [0.3, 0.4) is 0 Å². The summed E-state index contributed by atoms with van der Waals surface area (Å²) in [5.74, 6) is 0.145. The molecule has 2 heterocycles. The molecule has 4 aromatic rings. The fourth-order valence-corrected chi connectivity index (χ4v) is 4.78. The number of pyridine rings is 1. The molecule has 3 atom stereocenters. The van der Waals surface area contributed by atoms with Gasteiger partial charge in [0, 0.05) is 36.2 Å². The zero-order chi connectivity index (χ0) is 30.2. The minimum absolute atomic E-state index is 0.170. The Hall–Kier alpha value is -4.23. The first-order valence-electron chi connectivity index (χ1n) is 12.9. The molecule has 2 aromatic heterocycles. The highest BCUT2D eigenvalue weighted by atomic mass is 19.4. The number of aliphatic hydroxyl groups is 2. The minimum Gasteiger partial charge on any atom is -0.390 e. The lowest BCUT2D eigenvalue weighted by Crippen LogP contribution is -2.34. The van der Waals surface area contributed by atoms with Crippen LogP contribution < -0.4 is 10.6 Å². The summed E-state index contributed by atoms with van der Waals surface area (Å²) in [7, 11) is 0. The number of fused-ring (bicyclic) bond motifs is 1. The van der Waals surface area contributed by atoms with Crippen LogP contribution in [-0.2, 0) is 25.2 Å². The van der Waals surface area contributed by atoms with Crippen LogP contribution in [0.5, 0.6) is 0 Å². The molecule has 0 unspecified atom stereocenters. The molecule has 0 saturated heterocycles. The molecular formula is C29H25F6N5O2. The van der Waals surface area contributed by atoms with Gasteiger partial charge >= 0.3 is 12.4 Å². The molecule has 4 N–H and O–H groups in total. The van der Waals surface area contributed by atoms with Crippen LogP contribution in [0.25, 0.3) is 11.3 Å². The van der Waals surface area contributed by atoms with E-state index >= 15 is 0 Å². The van der Waals surface area contributed by atoms with E-state index in [1.165, 1.54) is 30.6 Å². The van der Waals surface area contributed by atoms with E-state index in [0.717, 1.165) is 29.3 Å². The fraction of sp³-hybridized carbons (Fsp3) is 0.276. The summed E-state index contributed by atoms with van der Waals surface area (Å²) in [6, 6.07) is 12.6. The number of anilines is 3. The van der Waals surface area contributed by atoms with Gasteiger partial charge in [-0.1, -0.05) is 24.3 Å². The number of alkyl halides is 6. The Bertz CT molecular complexity index is 1580. The molecule has 0 radical (unpaired) electrons. The van der Waals surface area contributed by atoms with E-state index in [1.807, 2.05) is 6.07 Å². The number of halogens is 6. The van der Waals surface area contributed by atoms with Gasteiger partial charge in [0.25, 0.3) is 0 Å². The Morgan fingerprint density at radius 2 is 1.57 bits per heavy atom. The van der Waals surface area contributed by atoms with Gasteiger partial charge < -0.3 is 20.8 Å². The first kappa shape index (κ1) is 29.3. The molecule has 220 valence electrons. The monoisotopic (exact) mass is 589 g/mol. The van der Waals surface area contributed by atoms with Gasteiger partial charge in [0.2, 0.25) is 0 Å². The third-order valence-electron chi connectivity index (χ3n) is 7.04. The largest absolute Gasteiger partial charge is 0.433 e. The predicted octanol–water partition coefficient (Wildman–Crippen LogP) is 6.31. The molecule has 2 aromatic carbocycles. The lowest BCUT2D eigenvalue weighted by molar-refractivity contribution is -0.141. The van der Waals surface area contributed by atoms with Crippen LogP contribution >= 0.6 is 0 Å². The smallest absolute Gasteiger partial charge is 0.390 e. The molecule has 7 nitrogen and oxygen atoms in total. The minimum atomic E-state index is -4.74. The van der Waals surface area contributed by atoms with Gasteiger partial charge in [-0.15, -0.1) is 0 Å². The van der Waals surface area contributed by atoms with Crippen LogP contribution in [0.4, 0.5) is 43.7 Å². The van der Waals surface area contributed by atoms with Gasteiger partial charge in [-0.25, -0.2) is 15.0 Å². The second kappa shape index (κ2) is 11.2. The second-order valence-corrected chi connectivity index (χ2v) is 9.98. The number of nitrogens with zero attached hydrogens (tertiary/aromatic N) is 3. The highest BCUT2D eigenvalue weighted by Crippen LogP contribution is 2.36. The Labute approximate surface area is 236 Å². The molecule has 0 saturated carbocycles. The van der Waals surface area contributed by atoms with Crippen molar-refractivity contribution in [2.45, 2.75) is 50.4 Å². The SMILES string of the molecule is C[C@@H](Nc1nc(C(F)(F)F)ccc1-c1cc(Nc2cccc3c2C[C@H](O)[C@H](O)C3)ncn1)c1ccc(C(F)(F)F)cc1. The topological polar surface area (TPSA) is 103 Å². The van der Waals surface area contributed by atoms with E-state index in [-0.39, 0.29) is 29.9 Å². The van der Waals surface area contributed by atoms with Crippen molar-refractivity contribution in [3.63, 3.8) is 0 Å². The van der Waals surface area contributed by atoms with Crippen molar-refractivity contribution in [1.29, 1.82) is 0 Å².